The Morgan fingerprint density at radius 1 is 1.44 bits per heavy atom. The molecule has 1 fully saturated rings. The zero-order valence-corrected chi connectivity index (χ0v) is 9.83. The zero-order valence-electron chi connectivity index (χ0n) is 9.83. The van der Waals surface area contributed by atoms with E-state index in [-0.39, 0.29) is 0 Å². The van der Waals surface area contributed by atoms with Crippen molar-refractivity contribution in [3.63, 3.8) is 0 Å². The van der Waals surface area contributed by atoms with Crippen molar-refractivity contribution in [2.24, 2.45) is 11.8 Å². The van der Waals surface area contributed by atoms with E-state index in [0.29, 0.717) is 6.04 Å². The van der Waals surface area contributed by atoms with Gasteiger partial charge in [-0.15, -0.1) is 0 Å². The van der Waals surface area contributed by atoms with Crippen LogP contribution < -0.4 is 16.6 Å². The van der Waals surface area contributed by atoms with E-state index in [2.05, 4.69) is 34.6 Å². The first kappa shape index (κ1) is 11.1. The molecule has 5 heteroatoms. The lowest BCUT2D eigenvalue weighted by Gasteiger charge is -2.13. The van der Waals surface area contributed by atoms with Crippen molar-refractivity contribution in [3.8, 4) is 0 Å². The van der Waals surface area contributed by atoms with E-state index >= 15 is 0 Å². The van der Waals surface area contributed by atoms with Gasteiger partial charge in [0.15, 0.2) is 0 Å². The number of hydrogen-bond acceptors (Lipinski definition) is 5. The fourth-order valence-corrected chi connectivity index (χ4v) is 1.85. The molecule has 1 aliphatic carbocycles. The molecule has 88 valence electrons. The molecule has 1 saturated carbocycles. The Labute approximate surface area is 95.8 Å². The van der Waals surface area contributed by atoms with E-state index in [1.807, 2.05) is 0 Å². The van der Waals surface area contributed by atoms with Crippen LogP contribution in [0.2, 0.25) is 0 Å². The molecule has 0 radical (unpaired) electrons. The molecule has 2 rings (SSSR count). The summed E-state index contributed by atoms with van der Waals surface area (Å²) in [5.74, 6) is 7.86. The smallest absolute Gasteiger partial charge is 0.148 e. The fraction of sp³-hybridized carbons (Fsp3) is 0.636. The number of rotatable bonds is 5. The van der Waals surface area contributed by atoms with Crippen molar-refractivity contribution in [1.82, 2.24) is 9.97 Å². The molecule has 5 nitrogen and oxygen atoms in total. The van der Waals surface area contributed by atoms with E-state index in [1.54, 1.807) is 6.33 Å². The number of hydrogen-bond donors (Lipinski definition) is 3. The highest BCUT2D eigenvalue weighted by Gasteiger charge is 2.33. The first-order valence-electron chi connectivity index (χ1n) is 5.83. The van der Waals surface area contributed by atoms with Crippen LogP contribution in [-0.4, -0.2) is 16.0 Å². The van der Waals surface area contributed by atoms with Gasteiger partial charge in [0.1, 0.15) is 18.0 Å². The van der Waals surface area contributed by atoms with E-state index in [1.165, 1.54) is 6.42 Å². The summed E-state index contributed by atoms with van der Waals surface area (Å²) in [5.41, 5.74) is 3.72. The molecule has 1 heterocycles. The zero-order chi connectivity index (χ0) is 11.5. The maximum atomic E-state index is 5.46. The number of anilines is 2. The molecule has 0 aromatic carbocycles. The van der Waals surface area contributed by atoms with Crippen molar-refractivity contribution in [2.45, 2.75) is 39.2 Å². The minimum Gasteiger partial charge on any atom is -0.367 e. The third-order valence-electron chi connectivity index (χ3n) is 3.01. The van der Waals surface area contributed by atoms with Gasteiger partial charge in [0.05, 0.1) is 0 Å². The fourth-order valence-electron chi connectivity index (χ4n) is 1.85. The molecule has 0 saturated heterocycles. The lowest BCUT2D eigenvalue weighted by atomic mass is 10.1. The molecule has 1 aromatic rings. The molecule has 16 heavy (non-hydrogen) atoms. The third-order valence-corrected chi connectivity index (χ3v) is 3.01. The summed E-state index contributed by atoms with van der Waals surface area (Å²) in [6.07, 6.45) is 4.76. The normalized spacial score (nSPS) is 22.9. The predicted molar refractivity (Wildman–Crippen MR) is 65.0 cm³/mol. The summed E-state index contributed by atoms with van der Waals surface area (Å²) >= 11 is 0. The Hall–Kier alpha value is -1.36. The molecular weight excluding hydrogens is 202 g/mol. The summed E-state index contributed by atoms with van der Waals surface area (Å²) in [6.45, 7) is 4.37. The number of aromatic nitrogens is 2. The van der Waals surface area contributed by atoms with Crippen LogP contribution in [-0.2, 0) is 6.42 Å². The number of nitrogens with two attached hydrogens (primary N) is 1. The molecule has 0 bridgehead atoms. The lowest BCUT2D eigenvalue weighted by Crippen LogP contribution is -2.15. The second-order valence-electron chi connectivity index (χ2n) is 4.41. The predicted octanol–water partition coefficient (Wildman–Crippen LogP) is 1.54. The summed E-state index contributed by atoms with van der Waals surface area (Å²) < 4.78 is 0. The Bertz CT molecular complexity index is 365. The van der Waals surface area contributed by atoms with Gasteiger partial charge < -0.3 is 10.7 Å². The van der Waals surface area contributed by atoms with Gasteiger partial charge in [0.25, 0.3) is 0 Å². The van der Waals surface area contributed by atoms with Crippen LogP contribution in [0.5, 0.6) is 0 Å². The second kappa shape index (κ2) is 4.65. The SMILES string of the molecule is CCCc1c(NN)ncnc1NC1CC1C. The minimum absolute atomic E-state index is 0.566. The Morgan fingerprint density at radius 2 is 2.12 bits per heavy atom. The summed E-state index contributed by atoms with van der Waals surface area (Å²) in [4.78, 5) is 8.44. The van der Waals surface area contributed by atoms with Gasteiger partial charge in [-0.3, -0.25) is 0 Å². The van der Waals surface area contributed by atoms with Crippen LogP contribution in [0.25, 0.3) is 0 Å². The molecule has 0 amide bonds. The Kier molecular flexibility index (Phi) is 3.24. The minimum atomic E-state index is 0.566. The molecule has 0 aliphatic heterocycles. The van der Waals surface area contributed by atoms with E-state index < -0.39 is 0 Å². The van der Waals surface area contributed by atoms with Crippen molar-refractivity contribution < 1.29 is 0 Å². The first-order valence-corrected chi connectivity index (χ1v) is 5.83. The van der Waals surface area contributed by atoms with Gasteiger partial charge >= 0.3 is 0 Å². The van der Waals surface area contributed by atoms with Gasteiger partial charge in [-0.2, -0.15) is 0 Å². The summed E-state index contributed by atoms with van der Waals surface area (Å²) in [7, 11) is 0. The van der Waals surface area contributed by atoms with Crippen LogP contribution in [0.4, 0.5) is 11.6 Å². The summed E-state index contributed by atoms with van der Waals surface area (Å²) in [6, 6.07) is 0.566. The second-order valence-corrected chi connectivity index (χ2v) is 4.41. The molecule has 2 atom stereocenters. The van der Waals surface area contributed by atoms with Crippen molar-refractivity contribution in [1.29, 1.82) is 0 Å². The first-order chi connectivity index (χ1) is 7.76. The Balaban J connectivity index is 2.20. The van der Waals surface area contributed by atoms with Gasteiger partial charge in [0.2, 0.25) is 0 Å². The standard InChI is InChI=1S/C11H19N5/c1-3-4-8-10(15-9-5-7(9)2)13-6-14-11(8)16-12/h6-7,9H,3-5,12H2,1-2H3,(H2,13,14,15,16). The van der Waals surface area contributed by atoms with Crippen LogP contribution >= 0.6 is 0 Å². The monoisotopic (exact) mass is 221 g/mol. The summed E-state index contributed by atoms with van der Waals surface area (Å²) in [5, 5.41) is 3.45. The van der Waals surface area contributed by atoms with E-state index in [9.17, 15) is 0 Å². The number of nitrogens with one attached hydrogen (secondary N) is 2. The maximum absolute atomic E-state index is 5.46. The van der Waals surface area contributed by atoms with Gasteiger partial charge in [0, 0.05) is 11.6 Å². The average molecular weight is 221 g/mol. The number of hydrazine groups is 1. The van der Waals surface area contributed by atoms with E-state index in [0.717, 1.165) is 36.0 Å². The highest BCUT2D eigenvalue weighted by Crippen LogP contribution is 2.33. The van der Waals surface area contributed by atoms with Crippen molar-refractivity contribution >= 4 is 11.6 Å². The van der Waals surface area contributed by atoms with Gasteiger partial charge in [-0.25, -0.2) is 15.8 Å². The molecule has 0 spiro atoms. The highest BCUT2D eigenvalue weighted by molar-refractivity contribution is 5.57. The van der Waals surface area contributed by atoms with Crippen molar-refractivity contribution in [3.05, 3.63) is 11.9 Å². The number of nitrogen functional groups attached to an aromatic ring is 1. The van der Waals surface area contributed by atoms with Gasteiger partial charge in [-0.1, -0.05) is 20.3 Å². The third kappa shape index (κ3) is 2.24. The Morgan fingerprint density at radius 3 is 2.69 bits per heavy atom. The van der Waals surface area contributed by atoms with Crippen LogP contribution in [0.15, 0.2) is 6.33 Å². The molecule has 2 unspecified atom stereocenters. The molecule has 1 aliphatic rings. The van der Waals surface area contributed by atoms with Gasteiger partial charge in [-0.05, 0) is 18.8 Å². The lowest BCUT2D eigenvalue weighted by molar-refractivity contribution is 0.881. The van der Waals surface area contributed by atoms with Crippen LogP contribution in [0, 0.1) is 5.92 Å². The van der Waals surface area contributed by atoms with Crippen molar-refractivity contribution in [2.75, 3.05) is 10.7 Å². The van der Waals surface area contributed by atoms with E-state index in [4.69, 9.17) is 5.84 Å². The van der Waals surface area contributed by atoms with Crippen LogP contribution in [0.1, 0.15) is 32.3 Å². The average Bonchev–Trinajstić information content (AvgIpc) is 2.97. The largest absolute Gasteiger partial charge is 0.367 e. The quantitative estimate of drug-likeness (QED) is 0.519. The topological polar surface area (TPSA) is 75.9 Å². The molecule has 4 N–H and O–H groups in total. The molecule has 1 aromatic heterocycles. The number of nitrogens with zero attached hydrogens (tertiary/aromatic N) is 2. The molecular formula is C11H19N5. The van der Waals surface area contributed by atoms with Crippen LogP contribution in [0.3, 0.4) is 0 Å². The highest BCUT2D eigenvalue weighted by atomic mass is 15.3. The maximum Gasteiger partial charge on any atom is 0.148 e.